The molecule has 0 saturated heterocycles. The molecule has 1 amide bonds. The highest BCUT2D eigenvalue weighted by Crippen LogP contribution is 2.09. The quantitative estimate of drug-likeness (QED) is 0.836. The molecule has 0 aliphatic rings. The minimum Gasteiger partial charge on any atom is -0.469 e. The lowest BCUT2D eigenvalue weighted by Gasteiger charge is -2.13. The maximum Gasteiger partial charge on any atom is 0.257 e. The number of hydrogen-bond donors (Lipinski definition) is 1. The van der Waals surface area contributed by atoms with Crippen molar-refractivity contribution in [3.8, 4) is 0 Å². The topological polar surface area (TPSA) is 75.0 Å². The SMILES string of the molecule is Cc1cc(C(=O)N(C)Cc2ncn[nH]2)co1. The van der Waals surface area contributed by atoms with Crippen molar-refractivity contribution in [2.45, 2.75) is 13.5 Å². The molecule has 16 heavy (non-hydrogen) atoms. The number of hydrogen-bond acceptors (Lipinski definition) is 4. The zero-order chi connectivity index (χ0) is 11.5. The van der Waals surface area contributed by atoms with Gasteiger partial charge in [-0.1, -0.05) is 0 Å². The molecule has 0 aliphatic heterocycles. The van der Waals surface area contributed by atoms with Gasteiger partial charge in [-0.05, 0) is 13.0 Å². The van der Waals surface area contributed by atoms with E-state index in [9.17, 15) is 4.79 Å². The van der Waals surface area contributed by atoms with Crippen molar-refractivity contribution in [2.75, 3.05) is 7.05 Å². The van der Waals surface area contributed by atoms with Crippen molar-refractivity contribution in [3.05, 3.63) is 35.8 Å². The summed E-state index contributed by atoms with van der Waals surface area (Å²) in [5, 5.41) is 6.42. The lowest BCUT2D eigenvalue weighted by atomic mass is 10.3. The number of aryl methyl sites for hydroxylation is 1. The van der Waals surface area contributed by atoms with Crippen LogP contribution < -0.4 is 0 Å². The summed E-state index contributed by atoms with van der Waals surface area (Å²) in [6.45, 7) is 2.19. The molecule has 6 nitrogen and oxygen atoms in total. The lowest BCUT2D eigenvalue weighted by molar-refractivity contribution is 0.0781. The maximum atomic E-state index is 11.9. The Hall–Kier alpha value is -2.11. The number of furan rings is 1. The number of rotatable bonds is 3. The van der Waals surface area contributed by atoms with E-state index in [1.54, 1.807) is 24.9 Å². The molecule has 0 spiro atoms. The third-order valence-corrected chi connectivity index (χ3v) is 2.18. The Balaban J connectivity index is 2.05. The fourth-order valence-corrected chi connectivity index (χ4v) is 1.38. The molecular formula is C10H12N4O2. The Kier molecular flexibility index (Phi) is 2.72. The first-order chi connectivity index (χ1) is 7.66. The van der Waals surface area contributed by atoms with Crippen LogP contribution in [-0.2, 0) is 6.54 Å². The van der Waals surface area contributed by atoms with Crippen LogP contribution >= 0.6 is 0 Å². The highest BCUT2D eigenvalue weighted by atomic mass is 16.3. The van der Waals surface area contributed by atoms with Crippen LogP contribution in [0.2, 0.25) is 0 Å². The molecule has 0 unspecified atom stereocenters. The Bertz CT molecular complexity index is 475. The van der Waals surface area contributed by atoms with Gasteiger partial charge >= 0.3 is 0 Å². The Morgan fingerprint density at radius 3 is 3.00 bits per heavy atom. The van der Waals surface area contributed by atoms with Gasteiger partial charge < -0.3 is 9.32 Å². The average Bonchev–Trinajstić information content (AvgIpc) is 2.88. The van der Waals surface area contributed by atoms with E-state index < -0.39 is 0 Å². The smallest absolute Gasteiger partial charge is 0.257 e. The molecule has 0 aliphatic carbocycles. The van der Waals surface area contributed by atoms with Crippen LogP contribution in [-0.4, -0.2) is 33.0 Å². The van der Waals surface area contributed by atoms with Crippen LogP contribution in [0.25, 0.3) is 0 Å². The molecule has 2 rings (SSSR count). The Morgan fingerprint density at radius 1 is 1.62 bits per heavy atom. The summed E-state index contributed by atoms with van der Waals surface area (Å²) in [5.74, 6) is 1.26. The summed E-state index contributed by atoms with van der Waals surface area (Å²) in [5.41, 5.74) is 0.541. The second kappa shape index (κ2) is 4.18. The second-order valence-electron chi connectivity index (χ2n) is 3.54. The monoisotopic (exact) mass is 220 g/mol. The molecule has 2 heterocycles. The van der Waals surface area contributed by atoms with Gasteiger partial charge in [-0.2, -0.15) is 5.10 Å². The molecule has 84 valence electrons. The highest BCUT2D eigenvalue weighted by Gasteiger charge is 2.14. The zero-order valence-corrected chi connectivity index (χ0v) is 9.10. The van der Waals surface area contributed by atoms with Gasteiger partial charge in [-0.15, -0.1) is 0 Å². The van der Waals surface area contributed by atoms with E-state index in [-0.39, 0.29) is 5.91 Å². The van der Waals surface area contributed by atoms with E-state index in [0.717, 1.165) is 5.76 Å². The minimum atomic E-state index is -0.103. The molecule has 0 atom stereocenters. The summed E-state index contributed by atoms with van der Waals surface area (Å²) in [4.78, 5) is 17.4. The van der Waals surface area contributed by atoms with Gasteiger partial charge in [0, 0.05) is 7.05 Å². The number of aromatic amines is 1. The molecule has 2 aromatic heterocycles. The third kappa shape index (κ3) is 2.10. The van der Waals surface area contributed by atoms with Gasteiger partial charge in [-0.25, -0.2) is 4.98 Å². The molecule has 0 aromatic carbocycles. The van der Waals surface area contributed by atoms with Crippen molar-refractivity contribution in [2.24, 2.45) is 0 Å². The van der Waals surface area contributed by atoms with Crippen LogP contribution in [0, 0.1) is 6.92 Å². The molecule has 2 aromatic rings. The number of H-pyrrole nitrogens is 1. The lowest BCUT2D eigenvalue weighted by Crippen LogP contribution is -2.26. The van der Waals surface area contributed by atoms with Crippen molar-refractivity contribution in [1.82, 2.24) is 20.1 Å². The number of nitrogens with one attached hydrogen (secondary N) is 1. The first kappa shape index (κ1) is 10.4. The standard InChI is InChI=1S/C10H12N4O2/c1-7-3-8(5-16-7)10(15)14(2)4-9-11-6-12-13-9/h3,5-6H,4H2,1-2H3,(H,11,12,13). The summed E-state index contributed by atoms with van der Waals surface area (Å²) in [7, 11) is 1.70. The molecule has 0 saturated carbocycles. The van der Waals surface area contributed by atoms with E-state index >= 15 is 0 Å². The molecule has 0 radical (unpaired) electrons. The van der Waals surface area contributed by atoms with E-state index in [1.807, 2.05) is 0 Å². The fraction of sp³-hybridized carbons (Fsp3) is 0.300. The van der Waals surface area contributed by atoms with Crippen molar-refractivity contribution in [1.29, 1.82) is 0 Å². The first-order valence-electron chi connectivity index (χ1n) is 4.81. The number of nitrogens with zero attached hydrogens (tertiary/aromatic N) is 3. The Morgan fingerprint density at radius 2 is 2.44 bits per heavy atom. The van der Waals surface area contributed by atoms with E-state index in [4.69, 9.17) is 4.42 Å². The summed E-state index contributed by atoms with van der Waals surface area (Å²) < 4.78 is 5.09. The van der Waals surface area contributed by atoms with Gasteiger partial charge in [0.15, 0.2) is 0 Å². The maximum absolute atomic E-state index is 11.9. The average molecular weight is 220 g/mol. The fourth-order valence-electron chi connectivity index (χ4n) is 1.38. The van der Waals surface area contributed by atoms with Crippen molar-refractivity contribution < 1.29 is 9.21 Å². The van der Waals surface area contributed by atoms with E-state index in [2.05, 4.69) is 15.2 Å². The van der Waals surface area contributed by atoms with Crippen LogP contribution in [0.3, 0.4) is 0 Å². The normalized spacial score (nSPS) is 10.4. The van der Waals surface area contributed by atoms with Crippen LogP contribution in [0.5, 0.6) is 0 Å². The predicted octanol–water partition coefficient (Wildman–Crippen LogP) is 0.978. The minimum absolute atomic E-state index is 0.103. The van der Waals surface area contributed by atoms with E-state index in [0.29, 0.717) is 17.9 Å². The summed E-state index contributed by atoms with van der Waals surface area (Å²) >= 11 is 0. The van der Waals surface area contributed by atoms with Gasteiger partial charge in [0.2, 0.25) is 0 Å². The number of carbonyl (C=O) groups excluding carboxylic acids is 1. The molecular weight excluding hydrogens is 208 g/mol. The molecule has 6 heteroatoms. The highest BCUT2D eigenvalue weighted by molar-refractivity contribution is 5.93. The number of carbonyl (C=O) groups is 1. The van der Waals surface area contributed by atoms with Gasteiger partial charge in [0.05, 0.1) is 12.1 Å². The second-order valence-corrected chi connectivity index (χ2v) is 3.54. The van der Waals surface area contributed by atoms with Crippen molar-refractivity contribution >= 4 is 5.91 Å². The Labute approximate surface area is 92.3 Å². The molecule has 1 N–H and O–H groups in total. The van der Waals surface area contributed by atoms with Gasteiger partial charge in [0.25, 0.3) is 5.91 Å². The van der Waals surface area contributed by atoms with Crippen LogP contribution in [0.1, 0.15) is 21.9 Å². The first-order valence-corrected chi connectivity index (χ1v) is 4.81. The zero-order valence-electron chi connectivity index (χ0n) is 9.10. The van der Waals surface area contributed by atoms with E-state index in [1.165, 1.54) is 12.6 Å². The van der Waals surface area contributed by atoms with Crippen LogP contribution in [0.4, 0.5) is 0 Å². The molecule has 0 bridgehead atoms. The number of aromatic nitrogens is 3. The van der Waals surface area contributed by atoms with Gasteiger partial charge in [-0.3, -0.25) is 9.89 Å². The predicted molar refractivity (Wildman–Crippen MR) is 55.6 cm³/mol. The summed E-state index contributed by atoms with van der Waals surface area (Å²) in [6, 6.07) is 1.71. The van der Waals surface area contributed by atoms with Crippen LogP contribution in [0.15, 0.2) is 23.1 Å². The summed E-state index contributed by atoms with van der Waals surface area (Å²) in [6.07, 6.45) is 2.87. The largest absolute Gasteiger partial charge is 0.469 e. The van der Waals surface area contributed by atoms with Gasteiger partial charge in [0.1, 0.15) is 24.2 Å². The third-order valence-electron chi connectivity index (χ3n) is 2.18. The molecule has 0 fully saturated rings. The number of amides is 1. The van der Waals surface area contributed by atoms with Crippen molar-refractivity contribution in [3.63, 3.8) is 0 Å².